The molecule has 24 heavy (non-hydrogen) atoms. The van der Waals surface area contributed by atoms with Crippen molar-refractivity contribution in [1.82, 2.24) is 9.55 Å². The summed E-state index contributed by atoms with van der Waals surface area (Å²) in [5.41, 5.74) is -0.935. The Bertz CT molecular complexity index is 789. The number of morpholine rings is 1. The maximum Gasteiger partial charge on any atom is 0.416 e. The first-order chi connectivity index (χ1) is 11.4. The smallest absolute Gasteiger partial charge is 0.370 e. The molecule has 2 heterocycles. The summed E-state index contributed by atoms with van der Waals surface area (Å²) < 4.78 is 46.5. The van der Waals surface area contributed by atoms with Crippen LogP contribution in [0.2, 0.25) is 0 Å². The largest absolute Gasteiger partial charge is 0.416 e. The Balaban J connectivity index is 1.92. The second-order valence-corrected chi connectivity index (χ2v) is 5.56. The Morgan fingerprint density at radius 3 is 2.79 bits per heavy atom. The summed E-state index contributed by atoms with van der Waals surface area (Å²) in [5, 5.41) is 0. The molecular formula is C16H16F3N3O2. The van der Waals surface area contributed by atoms with Crippen molar-refractivity contribution in [3.63, 3.8) is 0 Å². The number of aromatic nitrogens is 2. The van der Waals surface area contributed by atoms with Crippen LogP contribution < -0.4 is 10.5 Å². The first kappa shape index (κ1) is 16.5. The van der Waals surface area contributed by atoms with Crippen LogP contribution in [0.1, 0.15) is 17.2 Å². The third kappa shape index (κ3) is 3.14. The van der Waals surface area contributed by atoms with Crippen molar-refractivity contribution < 1.29 is 17.9 Å². The molecule has 2 aromatic rings. The molecule has 0 N–H and O–H groups in total. The Labute approximate surface area is 136 Å². The molecule has 1 fully saturated rings. The van der Waals surface area contributed by atoms with Gasteiger partial charge in [0, 0.05) is 26.0 Å². The van der Waals surface area contributed by atoms with Crippen molar-refractivity contribution in [2.45, 2.75) is 12.3 Å². The van der Waals surface area contributed by atoms with Gasteiger partial charge in [0.25, 0.3) is 5.56 Å². The summed E-state index contributed by atoms with van der Waals surface area (Å²) in [6.45, 7) is 0.757. The number of alkyl halides is 3. The average molecular weight is 339 g/mol. The van der Waals surface area contributed by atoms with Crippen LogP contribution in [0.4, 0.5) is 19.0 Å². The van der Waals surface area contributed by atoms with Gasteiger partial charge in [-0.2, -0.15) is 13.2 Å². The van der Waals surface area contributed by atoms with Crippen LogP contribution in [0.15, 0.2) is 41.5 Å². The molecule has 1 aromatic heterocycles. The lowest BCUT2D eigenvalue weighted by Crippen LogP contribution is -2.42. The van der Waals surface area contributed by atoms with Crippen molar-refractivity contribution in [2.75, 3.05) is 24.6 Å². The van der Waals surface area contributed by atoms with Crippen molar-refractivity contribution in [3.05, 3.63) is 58.1 Å². The highest BCUT2D eigenvalue weighted by molar-refractivity contribution is 5.39. The van der Waals surface area contributed by atoms with E-state index in [0.29, 0.717) is 6.54 Å². The van der Waals surface area contributed by atoms with E-state index in [2.05, 4.69) is 4.98 Å². The minimum absolute atomic E-state index is 0.0717. The zero-order chi connectivity index (χ0) is 17.3. The normalized spacial score (nSPS) is 18.7. The van der Waals surface area contributed by atoms with Crippen molar-refractivity contribution in [2.24, 2.45) is 7.05 Å². The topological polar surface area (TPSA) is 47.4 Å². The number of ether oxygens (including phenoxy) is 1. The second-order valence-electron chi connectivity index (χ2n) is 5.56. The van der Waals surface area contributed by atoms with Gasteiger partial charge in [-0.3, -0.25) is 4.79 Å². The van der Waals surface area contributed by atoms with Gasteiger partial charge < -0.3 is 14.2 Å². The molecule has 0 amide bonds. The second kappa shape index (κ2) is 6.27. The Morgan fingerprint density at radius 2 is 2.04 bits per heavy atom. The molecule has 1 aromatic carbocycles. The molecule has 0 aliphatic carbocycles. The standard InChI is InChI=1S/C16H16F3N3O2/c1-21-7-6-20-14(15(21)23)22-8-9-24-13(10-22)11-4-2-3-5-12(11)16(17,18)19/h2-7,13H,8-10H2,1H3/t13-/m1/s1. The van der Waals surface area contributed by atoms with Gasteiger partial charge in [-0.1, -0.05) is 18.2 Å². The zero-order valence-electron chi connectivity index (χ0n) is 13.0. The van der Waals surface area contributed by atoms with E-state index < -0.39 is 17.8 Å². The van der Waals surface area contributed by atoms with E-state index in [-0.39, 0.29) is 30.1 Å². The van der Waals surface area contributed by atoms with Gasteiger partial charge in [0.2, 0.25) is 0 Å². The quantitative estimate of drug-likeness (QED) is 0.843. The van der Waals surface area contributed by atoms with Gasteiger partial charge in [-0.15, -0.1) is 0 Å². The molecule has 0 bridgehead atoms. The molecule has 1 aliphatic rings. The lowest BCUT2D eigenvalue weighted by Gasteiger charge is -2.34. The maximum absolute atomic E-state index is 13.2. The average Bonchev–Trinajstić information content (AvgIpc) is 2.57. The number of halogens is 3. The van der Waals surface area contributed by atoms with Gasteiger partial charge in [0.15, 0.2) is 5.82 Å². The summed E-state index contributed by atoms with van der Waals surface area (Å²) >= 11 is 0. The number of aryl methyl sites for hydroxylation is 1. The number of rotatable bonds is 2. The fraction of sp³-hybridized carbons (Fsp3) is 0.375. The molecule has 0 unspecified atom stereocenters. The van der Waals surface area contributed by atoms with Crippen LogP contribution in [-0.4, -0.2) is 29.2 Å². The molecule has 0 radical (unpaired) electrons. The van der Waals surface area contributed by atoms with Crippen LogP contribution in [0.3, 0.4) is 0 Å². The van der Waals surface area contributed by atoms with E-state index in [9.17, 15) is 18.0 Å². The molecule has 1 saturated heterocycles. The Hall–Kier alpha value is -2.35. The van der Waals surface area contributed by atoms with E-state index in [1.165, 1.54) is 29.1 Å². The number of hydrogen-bond acceptors (Lipinski definition) is 4. The first-order valence-electron chi connectivity index (χ1n) is 7.42. The summed E-state index contributed by atoms with van der Waals surface area (Å²) in [7, 11) is 1.60. The van der Waals surface area contributed by atoms with Gasteiger partial charge in [-0.25, -0.2) is 4.98 Å². The first-order valence-corrected chi connectivity index (χ1v) is 7.42. The minimum Gasteiger partial charge on any atom is -0.370 e. The summed E-state index contributed by atoms with van der Waals surface area (Å²) in [5.74, 6) is 0.220. The van der Waals surface area contributed by atoms with Crippen LogP contribution in [0.25, 0.3) is 0 Å². The van der Waals surface area contributed by atoms with Crippen LogP contribution in [0, 0.1) is 0 Å². The summed E-state index contributed by atoms with van der Waals surface area (Å²) in [4.78, 5) is 17.9. The molecule has 1 atom stereocenters. The van der Waals surface area contributed by atoms with Crippen molar-refractivity contribution in [1.29, 1.82) is 0 Å². The predicted octanol–water partition coefficient (Wildman–Crippen LogP) is 2.38. The number of hydrogen-bond donors (Lipinski definition) is 0. The highest BCUT2D eigenvalue weighted by Crippen LogP contribution is 2.36. The SMILES string of the molecule is Cn1ccnc(N2CCO[C@@H](c3ccccc3C(F)(F)F)C2)c1=O. The molecule has 128 valence electrons. The molecule has 5 nitrogen and oxygen atoms in total. The Kier molecular flexibility index (Phi) is 4.31. The number of anilines is 1. The van der Waals surface area contributed by atoms with E-state index in [0.717, 1.165) is 6.07 Å². The molecule has 1 aliphatic heterocycles. The van der Waals surface area contributed by atoms with Gasteiger partial charge in [0.1, 0.15) is 6.10 Å². The van der Waals surface area contributed by atoms with E-state index in [4.69, 9.17) is 4.74 Å². The van der Waals surface area contributed by atoms with Crippen molar-refractivity contribution in [3.8, 4) is 0 Å². The van der Waals surface area contributed by atoms with Crippen LogP contribution in [0.5, 0.6) is 0 Å². The maximum atomic E-state index is 13.2. The molecule has 3 rings (SSSR count). The lowest BCUT2D eigenvalue weighted by molar-refractivity contribution is -0.139. The molecular weight excluding hydrogens is 323 g/mol. The number of nitrogens with zero attached hydrogens (tertiary/aromatic N) is 3. The summed E-state index contributed by atoms with van der Waals surface area (Å²) in [6, 6.07) is 5.35. The van der Waals surface area contributed by atoms with Gasteiger partial charge in [0.05, 0.1) is 18.7 Å². The fourth-order valence-electron chi connectivity index (χ4n) is 2.77. The zero-order valence-corrected chi connectivity index (χ0v) is 13.0. The molecule has 0 saturated carbocycles. The van der Waals surface area contributed by atoms with Gasteiger partial charge >= 0.3 is 6.18 Å². The molecule has 8 heteroatoms. The van der Waals surface area contributed by atoms with Gasteiger partial charge in [-0.05, 0) is 11.6 Å². The highest BCUT2D eigenvalue weighted by atomic mass is 19.4. The fourth-order valence-corrected chi connectivity index (χ4v) is 2.77. The van der Waals surface area contributed by atoms with E-state index in [1.54, 1.807) is 18.0 Å². The van der Waals surface area contributed by atoms with Crippen LogP contribution in [-0.2, 0) is 18.0 Å². The van der Waals surface area contributed by atoms with Crippen LogP contribution >= 0.6 is 0 Å². The van der Waals surface area contributed by atoms with E-state index in [1.807, 2.05) is 0 Å². The Morgan fingerprint density at radius 1 is 1.29 bits per heavy atom. The molecule has 0 spiro atoms. The summed E-state index contributed by atoms with van der Waals surface area (Å²) in [6.07, 6.45) is -2.21. The van der Waals surface area contributed by atoms with E-state index >= 15 is 0 Å². The lowest BCUT2D eigenvalue weighted by atomic mass is 10.0. The third-order valence-electron chi connectivity index (χ3n) is 3.98. The monoisotopic (exact) mass is 339 g/mol. The highest BCUT2D eigenvalue weighted by Gasteiger charge is 2.36. The third-order valence-corrected chi connectivity index (χ3v) is 3.98. The number of benzene rings is 1. The predicted molar refractivity (Wildman–Crippen MR) is 81.8 cm³/mol. The minimum atomic E-state index is -4.45. The van der Waals surface area contributed by atoms with Crippen molar-refractivity contribution >= 4 is 5.82 Å².